The van der Waals surface area contributed by atoms with Crippen LogP contribution in [0.25, 0.3) is 5.69 Å². The quantitative estimate of drug-likeness (QED) is 0.873. The van der Waals surface area contributed by atoms with Crippen LogP contribution in [0.3, 0.4) is 0 Å². The maximum Gasteiger partial charge on any atom is 0.251 e. The first-order valence-corrected chi connectivity index (χ1v) is 8.26. The number of nitrogens with one attached hydrogen (secondary N) is 2. The van der Waals surface area contributed by atoms with E-state index in [-0.39, 0.29) is 18.3 Å². The number of benzene rings is 1. The number of hydrogen-bond donors (Lipinski definition) is 2. The number of aryl methyl sites for hydroxylation is 2. The summed E-state index contributed by atoms with van der Waals surface area (Å²) in [5.41, 5.74) is 3.75. The van der Waals surface area contributed by atoms with Gasteiger partial charge in [-0.1, -0.05) is 0 Å². The SMILES string of the molecule is Cc1cc(C)n(-c2ccc(C(=O)NCCC3CCNC3)cc2)n1.Cl. The molecule has 1 aliphatic heterocycles. The normalized spacial score (nSPS) is 16.7. The number of carbonyl (C=O) groups excluding carboxylic acids is 1. The van der Waals surface area contributed by atoms with Crippen molar-refractivity contribution in [1.82, 2.24) is 20.4 Å². The van der Waals surface area contributed by atoms with Gasteiger partial charge in [-0.15, -0.1) is 12.4 Å². The summed E-state index contributed by atoms with van der Waals surface area (Å²) < 4.78 is 1.89. The largest absolute Gasteiger partial charge is 0.352 e. The van der Waals surface area contributed by atoms with Gasteiger partial charge in [0.1, 0.15) is 0 Å². The summed E-state index contributed by atoms with van der Waals surface area (Å²) in [4.78, 5) is 12.2. The molecule has 1 aliphatic rings. The average Bonchev–Trinajstić information content (AvgIpc) is 3.17. The second-order valence-electron chi connectivity index (χ2n) is 6.29. The van der Waals surface area contributed by atoms with Gasteiger partial charge in [0.05, 0.1) is 11.4 Å². The standard InChI is InChI=1S/C18H24N4O.ClH/c1-13-11-14(2)22(21-13)17-5-3-16(4-6-17)18(23)20-10-8-15-7-9-19-12-15;/h3-6,11,15,19H,7-10,12H2,1-2H3,(H,20,23);1H. The molecule has 3 rings (SSSR count). The van der Waals surface area contributed by atoms with E-state index in [2.05, 4.69) is 15.7 Å². The number of rotatable bonds is 5. The third kappa shape index (κ3) is 4.36. The lowest BCUT2D eigenvalue weighted by Gasteiger charge is -2.10. The fourth-order valence-electron chi connectivity index (χ4n) is 3.10. The number of nitrogens with zero attached hydrogens (tertiary/aromatic N) is 2. The zero-order valence-electron chi connectivity index (χ0n) is 14.2. The van der Waals surface area contributed by atoms with Gasteiger partial charge >= 0.3 is 0 Å². The van der Waals surface area contributed by atoms with E-state index in [9.17, 15) is 4.79 Å². The minimum atomic E-state index is -0.00382. The first-order chi connectivity index (χ1) is 11.1. The summed E-state index contributed by atoms with van der Waals surface area (Å²) in [7, 11) is 0. The topological polar surface area (TPSA) is 59.0 Å². The molecule has 5 nitrogen and oxygen atoms in total. The summed E-state index contributed by atoms with van der Waals surface area (Å²) in [6.45, 7) is 6.92. The Morgan fingerprint density at radius 3 is 2.67 bits per heavy atom. The van der Waals surface area contributed by atoms with Crippen molar-refractivity contribution in [2.24, 2.45) is 5.92 Å². The van der Waals surface area contributed by atoms with Gasteiger partial charge in [-0.2, -0.15) is 5.10 Å². The molecule has 2 aromatic rings. The number of hydrogen-bond acceptors (Lipinski definition) is 3. The van der Waals surface area contributed by atoms with Crippen molar-refractivity contribution in [2.45, 2.75) is 26.7 Å². The Labute approximate surface area is 149 Å². The zero-order chi connectivity index (χ0) is 16.2. The van der Waals surface area contributed by atoms with Crippen molar-refractivity contribution >= 4 is 18.3 Å². The molecule has 2 heterocycles. The molecule has 1 fully saturated rings. The monoisotopic (exact) mass is 348 g/mol. The molecule has 0 bridgehead atoms. The summed E-state index contributed by atoms with van der Waals surface area (Å²) in [6, 6.07) is 9.64. The van der Waals surface area contributed by atoms with Crippen molar-refractivity contribution in [1.29, 1.82) is 0 Å². The second-order valence-corrected chi connectivity index (χ2v) is 6.29. The Morgan fingerprint density at radius 1 is 1.33 bits per heavy atom. The van der Waals surface area contributed by atoms with Crippen molar-refractivity contribution in [3.8, 4) is 5.69 Å². The van der Waals surface area contributed by atoms with Crippen LogP contribution in [0.1, 0.15) is 34.6 Å². The molecule has 1 saturated heterocycles. The summed E-state index contributed by atoms with van der Waals surface area (Å²) in [5, 5.41) is 10.8. The first kappa shape index (κ1) is 18.5. The van der Waals surface area contributed by atoms with Crippen LogP contribution in [0.4, 0.5) is 0 Å². The Balaban J connectivity index is 0.00000208. The molecular weight excluding hydrogens is 324 g/mol. The maximum absolute atomic E-state index is 12.2. The molecular formula is C18H25ClN4O. The summed E-state index contributed by atoms with van der Waals surface area (Å²) >= 11 is 0. The molecule has 1 amide bonds. The van der Waals surface area contributed by atoms with Crippen LogP contribution in [-0.4, -0.2) is 35.3 Å². The molecule has 0 saturated carbocycles. The summed E-state index contributed by atoms with van der Waals surface area (Å²) in [6.07, 6.45) is 2.26. The Morgan fingerprint density at radius 2 is 2.08 bits per heavy atom. The molecule has 1 atom stereocenters. The van der Waals surface area contributed by atoms with Gasteiger partial charge in [-0.3, -0.25) is 4.79 Å². The van der Waals surface area contributed by atoms with Gasteiger partial charge < -0.3 is 10.6 Å². The smallest absolute Gasteiger partial charge is 0.251 e. The second kappa shape index (κ2) is 8.31. The Hall–Kier alpha value is -1.85. The fourth-order valence-corrected chi connectivity index (χ4v) is 3.10. The van der Waals surface area contributed by atoms with E-state index in [1.807, 2.05) is 48.9 Å². The molecule has 6 heteroatoms. The van der Waals surface area contributed by atoms with E-state index in [0.717, 1.165) is 43.1 Å². The van der Waals surface area contributed by atoms with E-state index >= 15 is 0 Å². The van der Waals surface area contributed by atoms with E-state index in [1.54, 1.807) is 0 Å². The van der Waals surface area contributed by atoms with Gasteiger partial charge in [0.2, 0.25) is 0 Å². The first-order valence-electron chi connectivity index (χ1n) is 8.26. The lowest BCUT2D eigenvalue weighted by Crippen LogP contribution is -2.26. The minimum absolute atomic E-state index is 0. The molecule has 0 aliphatic carbocycles. The number of halogens is 1. The third-order valence-electron chi connectivity index (χ3n) is 4.38. The molecule has 24 heavy (non-hydrogen) atoms. The van der Waals surface area contributed by atoms with Gasteiger partial charge in [0.25, 0.3) is 5.91 Å². The van der Waals surface area contributed by atoms with Crippen molar-refractivity contribution in [2.75, 3.05) is 19.6 Å². The van der Waals surface area contributed by atoms with E-state index in [0.29, 0.717) is 11.5 Å². The molecule has 1 unspecified atom stereocenters. The third-order valence-corrected chi connectivity index (χ3v) is 4.38. The fraction of sp³-hybridized carbons (Fsp3) is 0.444. The lowest BCUT2D eigenvalue weighted by molar-refractivity contribution is 0.0951. The molecule has 0 radical (unpaired) electrons. The van der Waals surface area contributed by atoms with Crippen LogP contribution < -0.4 is 10.6 Å². The highest BCUT2D eigenvalue weighted by Crippen LogP contribution is 2.14. The predicted octanol–water partition coefficient (Wildman–Crippen LogP) is 2.64. The van der Waals surface area contributed by atoms with Crippen molar-refractivity contribution in [3.05, 3.63) is 47.3 Å². The zero-order valence-corrected chi connectivity index (χ0v) is 15.0. The van der Waals surface area contributed by atoms with E-state index in [1.165, 1.54) is 6.42 Å². The van der Waals surface area contributed by atoms with Crippen LogP contribution in [0.2, 0.25) is 0 Å². The number of aromatic nitrogens is 2. The highest BCUT2D eigenvalue weighted by atomic mass is 35.5. The molecule has 2 N–H and O–H groups in total. The van der Waals surface area contributed by atoms with Crippen LogP contribution >= 0.6 is 12.4 Å². The van der Waals surface area contributed by atoms with Crippen molar-refractivity contribution in [3.63, 3.8) is 0 Å². The number of carbonyl (C=O) groups is 1. The average molecular weight is 349 g/mol. The molecule has 1 aromatic carbocycles. The maximum atomic E-state index is 12.2. The van der Waals surface area contributed by atoms with Crippen LogP contribution in [0.5, 0.6) is 0 Å². The Bertz CT molecular complexity index is 675. The lowest BCUT2D eigenvalue weighted by atomic mass is 10.1. The minimum Gasteiger partial charge on any atom is -0.352 e. The van der Waals surface area contributed by atoms with Crippen LogP contribution in [0.15, 0.2) is 30.3 Å². The van der Waals surface area contributed by atoms with Gasteiger partial charge in [-0.25, -0.2) is 4.68 Å². The molecule has 0 spiro atoms. The number of amides is 1. The Kier molecular flexibility index (Phi) is 6.40. The van der Waals surface area contributed by atoms with Crippen LogP contribution in [0, 0.1) is 19.8 Å². The highest BCUT2D eigenvalue weighted by molar-refractivity contribution is 5.94. The van der Waals surface area contributed by atoms with Gasteiger partial charge in [0, 0.05) is 17.8 Å². The van der Waals surface area contributed by atoms with E-state index in [4.69, 9.17) is 0 Å². The van der Waals surface area contributed by atoms with Gasteiger partial charge in [0.15, 0.2) is 0 Å². The summed E-state index contributed by atoms with van der Waals surface area (Å²) in [5.74, 6) is 0.694. The molecule has 130 valence electrons. The van der Waals surface area contributed by atoms with Gasteiger partial charge in [-0.05, 0) is 76.0 Å². The van der Waals surface area contributed by atoms with Crippen molar-refractivity contribution < 1.29 is 4.79 Å². The molecule has 1 aromatic heterocycles. The van der Waals surface area contributed by atoms with Crippen LogP contribution in [-0.2, 0) is 0 Å². The predicted molar refractivity (Wildman–Crippen MR) is 98.2 cm³/mol. The highest BCUT2D eigenvalue weighted by Gasteiger charge is 2.14. The van der Waals surface area contributed by atoms with E-state index < -0.39 is 0 Å².